The van der Waals surface area contributed by atoms with Crippen LogP contribution in [0, 0.1) is 0 Å². The first-order valence-electron chi connectivity index (χ1n) is 11.5. The van der Waals surface area contributed by atoms with Crippen molar-refractivity contribution in [2.24, 2.45) is 0 Å². The number of fused-ring (bicyclic) bond motifs is 3. The molecule has 3 aromatic carbocycles. The highest BCUT2D eigenvalue weighted by Gasteiger charge is 2.52. The van der Waals surface area contributed by atoms with Gasteiger partial charge < -0.3 is 18.8 Å². The van der Waals surface area contributed by atoms with E-state index in [1.165, 1.54) is 0 Å². The van der Waals surface area contributed by atoms with Gasteiger partial charge in [-0.05, 0) is 50.3 Å². The maximum Gasteiger partial charge on any atom is 0.495 e. The van der Waals surface area contributed by atoms with Gasteiger partial charge in [-0.25, -0.2) is 0 Å². The van der Waals surface area contributed by atoms with E-state index in [9.17, 15) is 5.11 Å². The fourth-order valence-electron chi connectivity index (χ4n) is 4.97. The molecule has 1 N–H and O–H groups in total. The molecule has 1 aromatic heterocycles. The summed E-state index contributed by atoms with van der Waals surface area (Å²) in [5.74, 6) is 0.346. The number of aromatic hydroxyl groups is 1. The molecule has 9 heteroatoms. The summed E-state index contributed by atoms with van der Waals surface area (Å²) in [7, 11) is 7.63. The van der Waals surface area contributed by atoms with Crippen LogP contribution < -0.4 is 27.3 Å². The van der Waals surface area contributed by atoms with Crippen molar-refractivity contribution >= 4 is 87.8 Å². The van der Waals surface area contributed by atoms with E-state index in [4.69, 9.17) is 13.7 Å². The second kappa shape index (κ2) is 7.25. The van der Waals surface area contributed by atoms with Crippen LogP contribution in [0.3, 0.4) is 0 Å². The van der Waals surface area contributed by atoms with E-state index < -0.39 is 18.3 Å². The van der Waals surface area contributed by atoms with Gasteiger partial charge in [-0.2, -0.15) is 0 Å². The molecule has 0 amide bonds. The van der Waals surface area contributed by atoms with E-state index in [0.717, 1.165) is 60.4 Å². The Hall–Kier alpha value is -2.50. The van der Waals surface area contributed by atoms with Crippen LogP contribution in [0.5, 0.6) is 5.75 Å². The molecule has 5 rings (SSSR count). The number of para-hydroxylation sites is 1. The van der Waals surface area contributed by atoms with Crippen molar-refractivity contribution in [2.45, 2.75) is 38.9 Å². The summed E-state index contributed by atoms with van der Waals surface area (Å²) in [5.41, 5.74) is 7.79. The zero-order valence-corrected chi connectivity index (χ0v) is 20.7. The Labute approximate surface area is 198 Å². The van der Waals surface area contributed by atoms with Crippen LogP contribution in [-0.4, -0.2) is 54.8 Å². The number of phenolic OH excluding ortho intramolecular Hbond substituents is 1. The Balaban J connectivity index is 1.78. The molecule has 0 saturated carbocycles. The van der Waals surface area contributed by atoms with E-state index >= 15 is 0 Å². The molecule has 0 atom stereocenters. The third-order valence-corrected chi connectivity index (χ3v) is 7.92. The van der Waals surface area contributed by atoms with E-state index in [1.807, 2.05) is 27.8 Å². The van der Waals surface area contributed by atoms with Gasteiger partial charge in [-0.1, -0.05) is 46.7 Å². The molecule has 1 saturated heterocycles. The Bertz CT molecular complexity index is 1400. The summed E-state index contributed by atoms with van der Waals surface area (Å²) >= 11 is 0. The van der Waals surface area contributed by atoms with E-state index in [0.29, 0.717) is 5.75 Å². The molecule has 162 valence electrons. The maximum absolute atomic E-state index is 10.8. The quantitative estimate of drug-likeness (QED) is 0.383. The fourth-order valence-corrected chi connectivity index (χ4v) is 4.97. The molecular weight excluding hydrogens is 406 g/mol. The van der Waals surface area contributed by atoms with Crippen LogP contribution in [-0.2, 0) is 9.31 Å². The second-order valence-corrected chi connectivity index (χ2v) is 10.3. The predicted molar refractivity (Wildman–Crippen MR) is 149 cm³/mol. The molecule has 2 heterocycles. The highest BCUT2D eigenvalue weighted by molar-refractivity contribution is 6.66. The van der Waals surface area contributed by atoms with Gasteiger partial charge in [0.25, 0.3) is 0 Å². The normalized spacial score (nSPS) is 17.3. The summed E-state index contributed by atoms with van der Waals surface area (Å²) in [6.45, 7) is 8.26. The molecule has 0 unspecified atom stereocenters. The molecular formula is C24H27B5O4. The Kier molecular flexibility index (Phi) is 4.90. The Morgan fingerprint density at radius 2 is 1.42 bits per heavy atom. The van der Waals surface area contributed by atoms with Crippen molar-refractivity contribution in [1.82, 2.24) is 0 Å². The minimum atomic E-state index is -0.475. The maximum atomic E-state index is 10.8. The first-order valence-corrected chi connectivity index (χ1v) is 11.5. The van der Waals surface area contributed by atoms with Crippen molar-refractivity contribution in [2.75, 3.05) is 0 Å². The topological polar surface area (TPSA) is 51.8 Å². The summed E-state index contributed by atoms with van der Waals surface area (Å²) in [5, 5.41) is 12.8. The average molecular weight is 434 g/mol. The van der Waals surface area contributed by atoms with Crippen LogP contribution in [0.2, 0.25) is 0 Å². The Morgan fingerprint density at radius 1 is 0.788 bits per heavy atom. The van der Waals surface area contributed by atoms with Crippen LogP contribution in [0.4, 0.5) is 0 Å². The molecule has 33 heavy (non-hydrogen) atoms. The van der Waals surface area contributed by atoms with Gasteiger partial charge in [0.2, 0.25) is 0 Å². The lowest BCUT2D eigenvalue weighted by Crippen LogP contribution is -2.44. The van der Waals surface area contributed by atoms with Gasteiger partial charge in [0.15, 0.2) is 0 Å². The van der Waals surface area contributed by atoms with Gasteiger partial charge in [0.05, 0.1) is 11.2 Å². The monoisotopic (exact) mass is 434 g/mol. The molecule has 1 aliphatic rings. The summed E-state index contributed by atoms with van der Waals surface area (Å²) < 4.78 is 19.2. The van der Waals surface area contributed by atoms with Gasteiger partial charge in [0, 0.05) is 16.3 Å². The largest absolute Gasteiger partial charge is 0.509 e. The third kappa shape index (κ3) is 3.13. The van der Waals surface area contributed by atoms with Crippen molar-refractivity contribution in [3.8, 4) is 16.9 Å². The molecule has 0 aliphatic carbocycles. The highest BCUT2D eigenvalue weighted by atomic mass is 16.7. The van der Waals surface area contributed by atoms with Crippen LogP contribution >= 0.6 is 0 Å². The van der Waals surface area contributed by atoms with Crippen molar-refractivity contribution in [3.05, 3.63) is 36.4 Å². The van der Waals surface area contributed by atoms with Crippen molar-refractivity contribution in [3.63, 3.8) is 0 Å². The second-order valence-electron chi connectivity index (χ2n) is 10.3. The molecule has 0 radical (unpaired) electrons. The molecule has 4 aromatic rings. The minimum Gasteiger partial charge on any atom is -0.509 e. The number of furan rings is 1. The highest BCUT2D eigenvalue weighted by Crippen LogP contribution is 2.39. The van der Waals surface area contributed by atoms with E-state index in [1.54, 1.807) is 0 Å². The molecule has 1 aliphatic heterocycles. The number of benzene rings is 3. The lowest BCUT2D eigenvalue weighted by molar-refractivity contribution is 0.00578. The summed E-state index contributed by atoms with van der Waals surface area (Å²) in [6, 6.07) is 12.3. The predicted octanol–water partition coefficient (Wildman–Crippen LogP) is -1.71. The summed E-state index contributed by atoms with van der Waals surface area (Å²) in [6.07, 6.45) is 0. The van der Waals surface area contributed by atoms with Gasteiger partial charge in [-0.15, -0.1) is 0 Å². The standard InChI is InChI=1S/C24H27B5O4/c1-23(2)24(3,4)33-29(32-23)13-9-6-10-14-15(13)11-7-5-8-12(22(11)31-14)16-17(25)19(27)20(28)21(30)18(16)26/h5-10,30H,25-28H2,1-4H3. The van der Waals surface area contributed by atoms with E-state index in [2.05, 4.69) is 67.7 Å². The Morgan fingerprint density at radius 3 is 2.09 bits per heavy atom. The first kappa shape index (κ1) is 22.3. The van der Waals surface area contributed by atoms with Gasteiger partial charge in [-0.3, -0.25) is 0 Å². The smallest absolute Gasteiger partial charge is 0.495 e. The number of hydrogen-bond donors (Lipinski definition) is 1. The third-order valence-electron chi connectivity index (χ3n) is 7.92. The lowest BCUT2D eigenvalue weighted by Gasteiger charge is -2.32. The van der Waals surface area contributed by atoms with Crippen molar-refractivity contribution in [1.29, 1.82) is 0 Å². The molecule has 0 spiro atoms. The zero-order valence-electron chi connectivity index (χ0n) is 20.7. The molecule has 1 fully saturated rings. The fraction of sp³-hybridized carbons (Fsp3) is 0.250. The SMILES string of the molecule is Bc1c(B)c(O)c(B)c(-c2cccc3c2oc2cccc(B4OC(C)(C)C(C)(C)O4)c23)c1B. The molecule has 4 nitrogen and oxygen atoms in total. The number of hydrogen-bond acceptors (Lipinski definition) is 4. The molecule has 0 bridgehead atoms. The zero-order chi connectivity index (χ0) is 23.9. The van der Waals surface area contributed by atoms with E-state index in [-0.39, 0.29) is 0 Å². The number of rotatable bonds is 2. The van der Waals surface area contributed by atoms with Crippen LogP contribution in [0.15, 0.2) is 40.8 Å². The lowest BCUT2D eigenvalue weighted by atomic mass is 9.65. The van der Waals surface area contributed by atoms with Gasteiger partial charge >= 0.3 is 7.12 Å². The van der Waals surface area contributed by atoms with Crippen molar-refractivity contribution < 1.29 is 18.8 Å². The van der Waals surface area contributed by atoms with Crippen LogP contribution in [0.1, 0.15) is 27.7 Å². The first-order chi connectivity index (χ1) is 15.4. The summed E-state index contributed by atoms with van der Waals surface area (Å²) in [4.78, 5) is 0. The number of phenols is 1. The average Bonchev–Trinajstić information content (AvgIpc) is 3.25. The van der Waals surface area contributed by atoms with Crippen LogP contribution in [0.25, 0.3) is 33.1 Å². The minimum absolute atomic E-state index is 0.346. The van der Waals surface area contributed by atoms with Gasteiger partial charge in [0.1, 0.15) is 48.3 Å².